The Hall–Kier alpha value is -2.31. The van der Waals surface area contributed by atoms with Crippen LogP contribution in [0.5, 0.6) is 11.5 Å². The zero-order valence-corrected chi connectivity index (χ0v) is 18.2. The minimum atomic E-state index is -0.310. The van der Waals surface area contributed by atoms with Crippen molar-refractivity contribution in [2.45, 2.75) is 57.6 Å². The molecule has 1 aromatic rings. The van der Waals surface area contributed by atoms with Gasteiger partial charge in [-0.3, -0.25) is 0 Å². The maximum atomic E-state index is 12.3. The summed E-state index contributed by atoms with van der Waals surface area (Å²) >= 11 is 0. The first-order valence-corrected chi connectivity index (χ1v) is 10.4. The smallest absolute Gasteiger partial charge is 0.409 e. The Morgan fingerprint density at radius 2 is 1.97 bits per heavy atom. The van der Waals surface area contributed by atoms with Crippen molar-refractivity contribution in [3.8, 4) is 11.5 Å². The van der Waals surface area contributed by atoms with Crippen LogP contribution >= 0.6 is 0 Å². The number of hydrogen-bond acceptors (Lipinski definition) is 6. The van der Waals surface area contributed by atoms with E-state index in [1.165, 1.54) is 20.0 Å². The van der Waals surface area contributed by atoms with Crippen LogP contribution in [0.2, 0.25) is 0 Å². The summed E-state index contributed by atoms with van der Waals surface area (Å²) in [4.78, 5) is 14.0. The summed E-state index contributed by atoms with van der Waals surface area (Å²) in [5.74, 6) is 1.60. The summed E-state index contributed by atoms with van der Waals surface area (Å²) in [6.45, 7) is 5.36. The number of rotatable bonds is 6. The Morgan fingerprint density at radius 3 is 2.59 bits per heavy atom. The van der Waals surface area contributed by atoms with Gasteiger partial charge in [-0.1, -0.05) is 13.0 Å². The predicted octanol–water partition coefficient (Wildman–Crippen LogP) is 4.66. The molecule has 1 saturated carbocycles. The second-order valence-corrected chi connectivity index (χ2v) is 8.34. The summed E-state index contributed by atoms with van der Waals surface area (Å²) in [6, 6.07) is 6.07. The van der Waals surface area contributed by atoms with Crippen molar-refractivity contribution in [2.24, 2.45) is 15.6 Å². The van der Waals surface area contributed by atoms with Gasteiger partial charge < -0.3 is 19.1 Å². The topological polar surface area (TPSA) is 72.7 Å². The van der Waals surface area contributed by atoms with Crippen LogP contribution in [0.1, 0.15) is 51.0 Å². The molecule has 3 rings (SSSR count). The molecule has 7 heteroatoms. The lowest BCUT2D eigenvalue weighted by Gasteiger charge is -2.34. The van der Waals surface area contributed by atoms with Gasteiger partial charge in [0.1, 0.15) is 0 Å². The van der Waals surface area contributed by atoms with E-state index < -0.39 is 0 Å². The molecule has 1 aliphatic heterocycles. The van der Waals surface area contributed by atoms with Crippen LogP contribution in [0.25, 0.3) is 0 Å². The molecule has 0 aromatic heterocycles. The maximum Gasteiger partial charge on any atom is 0.409 e. The second-order valence-electron chi connectivity index (χ2n) is 8.34. The van der Waals surface area contributed by atoms with Gasteiger partial charge in [-0.15, -0.1) is 0 Å². The maximum absolute atomic E-state index is 12.3. The summed E-state index contributed by atoms with van der Waals surface area (Å²) in [7, 11) is 4.77. The Labute approximate surface area is 173 Å². The van der Waals surface area contributed by atoms with Gasteiger partial charge >= 0.3 is 6.09 Å². The van der Waals surface area contributed by atoms with Gasteiger partial charge in [0.15, 0.2) is 11.5 Å². The van der Waals surface area contributed by atoms with Gasteiger partial charge in [-0.2, -0.15) is 10.2 Å². The van der Waals surface area contributed by atoms with Crippen LogP contribution in [0.3, 0.4) is 0 Å². The minimum absolute atomic E-state index is 0.0477. The highest BCUT2D eigenvalue weighted by Gasteiger charge is 2.49. The molecule has 7 nitrogen and oxygen atoms in total. The zero-order valence-electron chi connectivity index (χ0n) is 18.2. The fourth-order valence-electron chi connectivity index (χ4n) is 4.69. The van der Waals surface area contributed by atoms with Crippen LogP contribution in [0, 0.1) is 5.41 Å². The first kappa shape index (κ1) is 21.4. The predicted molar refractivity (Wildman–Crippen MR) is 111 cm³/mol. The minimum Gasteiger partial charge on any atom is -0.493 e. The summed E-state index contributed by atoms with van der Waals surface area (Å²) in [5.41, 5.74) is 0.846. The average Bonchev–Trinajstić information content (AvgIpc) is 3.36. The quantitative estimate of drug-likeness (QED) is 0.648. The van der Waals surface area contributed by atoms with Crippen LogP contribution in [0.4, 0.5) is 4.79 Å². The van der Waals surface area contributed by atoms with Crippen LogP contribution in [-0.2, 0) is 4.74 Å². The first-order valence-electron chi connectivity index (χ1n) is 10.4. The molecular weight excluding hydrogens is 370 g/mol. The van der Waals surface area contributed by atoms with Crippen molar-refractivity contribution in [1.82, 2.24) is 4.90 Å². The molecule has 0 N–H and O–H groups in total. The monoisotopic (exact) mass is 403 g/mol. The number of carbonyl (C=O) groups excluding carboxylic acids is 1. The molecule has 1 aliphatic carbocycles. The molecular formula is C22H33N3O4. The number of nitrogens with zero attached hydrogens (tertiary/aromatic N) is 3. The molecule has 0 radical (unpaired) electrons. The number of benzene rings is 1. The Morgan fingerprint density at radius 1 is 1.24 bits per heavy atom. The molecule has 2 fully saturated rings. The fourth-order valence-corrected chi connectivity index (χ4v) is 4.69. The van der Waals surface area contributed by atoms with Gasteiger partial charge in [0.25, 0.3) is 0 Å². The molecule has 1 saturated heterocycles. The Kier molecular flexibility index (Phi) is 6.65. The average molecular weight is 404 g/mol. The molecule has 2 aliphatic rings. The highest BCUT2D eigenvalue weighted by Crippen LogP contribution is 2.48. The van der Waals surface area contributed by atoms with Crippen LogP contribution in [0.15, 0.2) is 28.4 Å². The van der Waals surface area contributed by atoms with E-state index in [-0.39, 0.29) is 29.6 Å². The third kappa shape index (κ3) is 4.33. The zero-order chi connectivity index (χ0) is 21.0. The molecule has 29 heavy (non-hydrogen) atoms. The molecule has 3 unspecified atom stereocenters. The number of carbonyl (C=O) groups is 1. The van der Waals surface area contributed by atoms with E-state index in [0.29, 0.717) is 13.1 Å². The molecule has 1 heterocycles. The standard InChI is InChI=1S/C22H33N3O4/c1-15(24-23-3)22(2)14-25(21(26)28-5)13-18(22)16-10-11-19(27-4)20(12-16)29-17-8-6-7-9-17/h10-12,15,17-18H,6-9,13-14H2,1-5H3. The van der Waals surface area contributed by atoms with Crippen molar-refractivity contribution < 1.29 is 19.0 Å². The molecule has 3 atom stereocenters. The molecule has 1 amide bonds. The third-order valence-electron chi connectivity index (χ3n) is 6.59. The number of likely N-dealkylation sites (tertiary alicyclic amines) is 1. The van der Waals surface area contributed by atoms with Gasteiger partial charge in [-0.05, 0) is 50.3 Å². The largest absolute Gasteiger partial charge is 0.493 e. The van der Waals surface area contributed by atoms with E-state index in [0.717, 1.165) is 29.9 Å². The van der Waals surface area contributed by atoms with E-state index in [1.54, 1.807) is 19.1 Å². The summed E-state index contributed by atoms with van der Waals surface area (Å²) in [6.07, 6.45) is 4.52. The summed E-state index contributed by atoms with van der Waals surface area (Å²) < 4.78 is 16.8. The lowest BCUT2D eigenvalue weighted by atomic mass is 9.71. The van der Waals surface area contributed by atoms with Crippen molar-refractivity contribution in [1.29, 1.82) is 0 Å². The number of hydrogen-bond donors (Lipinski definition) is 0. The molecule has 0 spiro atoms. The van der Waals surface area contributed by atoms with Gasteiger partial charge in [0.2, 0.25) is 0 Å². The number of azo groups is 1. The van der Waals surface area contributed by atoms with Gasteiger partial charge in [-0.25, -0.2) is 4.79 Å². The molecule has 1 aromatic carbocycles. The van der Waals surface area contributed by atoms with Gasteiger partial charge in [0.05, 0.1) is 26.4 Å². The highest BCUT2D eigenvalue weighted by atomic mass is 16.5. The molecule has 160 valence electrons. The van der Waals surface area contributed by atoms with Gasteiger partial charge in [0, 0.05) is 31.5 Å². The molecule has 0 bridgehead atoms. The van der Waals surface area contributed by atoms with E-state index in [9.17, 15) is 4.79 Å². The van der Waals surface area contributed by atoms with E-state index >= 15 is 0 Å². The third-order valence-corrected chi connectivity index (χ3v) is 6.59. The van der Waals surface area contributed by atoms with E-state index in [1.807, 2.05) is 6.07 Å². The lowest BCUT2D eigenvalue weighted by Crippen LogP contribution is -2.37. The van der Waals surface area contributed by atoms with Crippen LogP contribution in [-0.4, -0.2) is 57.5 Å². The number of amides is 1. The first-order chi connectivity index (χ1) is 13.9. The Balaban J connectivity index is 1.95. The van der Waals surface area contributed by atoms with E-state index in [4.69, 9.17) is 14.2 Å². The summed E-state index contributed by atoms with van der Waals surface area (Å²) in [5, 5.41) is 8.41. The van der Waals surface area contributed by atoms with Crippen molar-refractivity contribution >= 4 is 6.09 Å². The van der Waals surface area contributed by atoms with Crippen molar-refractivity contribution in [3.05, 3.63) is 23.8 Å². The number of ether oxygens (including phenoxy) is 3. The van der Waals surface area contributed by atoms with Crippen molar-refractivity contribution in [2.75, 3.05) is 34.4 Å². The van der Waals surface area contributed by atoms with Crippen LogP contribution < -0.4 is 9.47 Å². The second kappa shape index (κ2) is 9.01. The fraction of sp³-hybridized carbons (Fsp3) is 0.682. The van der Waals surface area contributed by atoms with Crippen molar-refractivity contribution in [3.63, 3.8) is 0 Å². The Bertz CT molecular complexity index is 748. The normalized spacial score (nSPS) is 26.1. The SMILES string of the molecule is CN=NC(C)C1(C)CN(C(=O)OC)CC1c1ccc(OC)c(OC2CCCC2)c1. The number of methoxy groups -OCH3 is 2. The lowest BCUT2D eigenvalue weighted by molar-refractivity contribution is 0.126. The highest BCUT2D eigenvalue weighted by molar-refractivity contribution is 5.68. The van der Waals surface area contributed by atoms with E-state index in [2.05, 4.69) is 36.2 Å².